The Labute approximate surface area is 141 Å². The summed E-state index contributed by atoms with van der Waals surface area (Å²) < 4.78 is 28.2. The quantitative estimate of drug-likeness (QED) is 0.813. The van der Waals surface area contributed by atoms with Crippen molar-refractivity contribution in [3.8, 4) is 0 Å². The monoisotopic (exact) mass is 345 g/mol. The molecule has 1 N–H and O–H groups in total. The van der Waals surface area contributed by atoms with Gasteiger partial charge in [0.25, 0.3) is 10.0 Å². The number of carbonyl (C=O) groups is 1. The number of hydrogen-bond donors (Lipinski definition) is 1. The van der Waals surface area contributed by atoms with E-state index in [0.717, 1.165) is 18.4 Å². The van der Waals surface area contributed by atoms with E-state index < -0.39 is 15.9 Å². The van der Waals surface area contributed by atoms with Gasteiger partial charge in [-0.25, -0.2) is 13.1 Å². The lowest BCUT2D eigenvalue weighted by molar-refractivity contribution is -0.119. The number of amides is 1. The second kappa shape index (κ2) is 7.00. The molecule has 1 aliphatic carbocycles. The molecule has 0 radical (unpaired) electrons. The molecule has 1 aliphatic rings. The lowest BCUT2D eigenvalue weighted by Gasteiger charge is -2.08. The van der Waals surface area contributed by atoms with Gasteiger partial charge in [-0.3, -0.25) is 9.48 Å². The van der Waals surface area contributed by atoms with Crippen molar-refractivity contribution < 1.29 is 13.2 Å². The van der Waals surface area contributed by atoms with Crippen LogP contribution < -0.4 is 4.72 Å². The predicted octanol–water partition coefficient (Wildman–Crippen LogP) is 2.09. The van der Waals surface area contributed by atoms with Crippen LogP contribution in [0, 0.1) is 5.92 Å². The first-order chi connectivity index (χ1) is 11.5. The Morgan fingerprint density at radius 2 is 2.08 bits per heavy atom. The van der Waals surface area contributed by atoms with Crippen LogP contribution in [0.25, 0.3) is 0 Å². The Hall–Kier alpha value is -2.41. The first-order valence-electron chi connectivity index (χ1n) is 7.81. The van der Waals surface area contributed by atoms with Gasteiger partial charge in [0.05, 0.1) is 12.7 Å². The van der Waals surface area contributed by atoms with E-state index in [-0.39, 0.29) is 17.2 Å². The highest BCUT2D eigenvalue weighted by molar-refractivity contribution is 7.90. The summed E-state index contributed by atoms with van der Waals surface area (Å²) in [5, 5.41) is 4.06. The second-order valence-corrected chi connectivity index (χ2v) is 7.54. The molecule has 0 bridgehead atoms. The fourth-order valence-electron chi connectivity index (χ4n) is 2.69. The fraction of sp³-hybridized carbons (Fsp3) is 0.294. The van der Waals surface area contributed by atoms with Gasteiger partial charge in [-0.1, -0.05) is 42.5 Å². The van der Waals surface area contributed by atoms with E-state index in [1.165, 1.54) is 17.1 Å². The van der Waals surface area contributed by atoms with Gasteiger partial charge in [0, 0.05) is 12.6 Å². The number of sulfonamides is 1. The molecule has 2 aromatic rings. The molecule has 1 aromatic heterocycles. The molecular formula is C17H19N3O3S. The number of benzene rings is 1. The van der Waals surface area contributed by atoms with E-state index in [0.29, 0.717) is 6.54 Å². The maximum atomic E-state index is 12.3. The maximum absolute atomic E-state index is 12.3. The van der Waals surface area contributed by atoms with Gasteiger partial charge in [-0.05, 0) is 24.3 Å². The Bertz CT molecular complexity index is 841. The molecule has 3 rings (SSSR count). The van der Waals surface area contributed by atoms with Crippen LogP contribution >= 0.6 is 0 Å². The van der Waals surface area contributed by atoms with Crippen LogP contribution in [0.15, 0.2) is 59.8 Å². The molecular weight excluding hydrogens is 326 g/mol. The molecule has 1 amide bonds. The summed E-state index contributed by atoms with van der Waals surface area (Å²) in [7, 11) is -3.88. The summed E-state index contributed by atoms with van der Waals surface area (Å²) in [6.07, 6.45) is 8.68. The van der Waals surface area contributed by atoms with Crippen LogP contribution in [-0.4, -0.2) is 24.1 Å². The summed E-state index contributed by atoms with van der Waals surface area (Å²) in [6.45, 7) is 0.469. The van der Waals surface area contributed by atoms with Crippen LogP contribution in [0.1, 0.15) is 24.8 Å². The van der Waals surface area contributed by atoms with Crippen LogP contribution in [0.3, 0.4) is 0 Å². The minimum absolute atomic E-state index is 0.00579. The highest BCUT2D eigenvalue weighted by Crippen LogP contribution is 2.20. The predicted molar refractivity (Wildman–Crippen MR) is 89.6 cm³/mol. The van der Waals surface area contributed by atoms with Gasteiger partial charge in [-0.2, -0.15) is 5.10 Å². The average molecular weight is 345 g/mol. The van der Waals surface area contributed by atoms with Gasteiger partial charge in [0.15, 0.2) is 0 Å². The van der Waals surface area contributed by atoms with E-state index in [1.807, 2.05) is 42.5 Å². The molecule has 126 valence electrons. The van der Waals surface area contributed by atoms with Gasteiger partial charge in [0.2, 0.25) is 5.91 Å². The number of nitrogens with zero attached hydrogens (tertiary/aromatic N) is 2. The van der Waals surface area contributed by atoms with Crippen molar-refractivity contribution in [2.75, 3.05) is 0 Å². The normalized spacial score (nSPS) is 17.1. The molecule has 1 unspecified atom stereocenters. The van der Waals surface area contributed by atoms with Gasteiger partial charge < -0.3 is 0 Å². The third-order valence-corrected chi connectivity index (χ3v) is 5.24. The summed E-state index contributed by atoms with van der Waals surface area (Å²) in [6, 6.07) is 9.61. The largest absolute Gasteiger partial charge is 0.274 e. The number of nitrogens with one attached hydrogen (secondary N) is 1. The minimum Gasteiger partial charge on any atom is -0.274 e. The van der Waals surface area contributed by atoms with Crippen molar-refractivity contribution in [2.24, 2.45) is 5.92 Å². The van der Waals surface area contributed by atoms with Crippen molar-refractivity contribution in [3.05, 3.63) is 60.4 Å². The molecule has 0 saturated heterocycles. The van der Waals surface area contributed by atoms with Gasteiger partial charge in [0.1, 0.15) is 4.90 Å². The van der Waals surface area contributed by atoms with Crippen LogP contribution in [0.2, 0.25) is 0 Å². The Kier molecular flexibility index (Phi) is 4.80. The highest BCUT2D eigenvalue weighted by atomic mass is 32.2. The van der Waals surface area contributed by atoms with Gasteiger partial charge in [-0.15, -0.1) is 0 Å². The Balaban J connectivity index is 1.64. The second-order valence-electron chi connectivity index (χ2n) is 5.86. The maximum Gasteiger partial charge on any atom is 0.267 e. The Morgan fingerprint density at radius 3 is 2.79 bits per heavy atom. The zero-order chi connectivity index (χ0) is 17.0. The van der Waals surface area contributed by atoms with Crippen molar-refractivity contribution in [1.29, 1.82) is 0 Å². The number of aromatic nitrogens is 2. The number of allylic oxidation sites excluding steroid dienone is 2. The zero-order valence-corrected chi connectivity index (χ0v) is 13.9. The van der Waals surface area contributed by atoms with Crippen molar-refractivity contribution in [3.63, 3.8) is 0 Å². The molecule has 1 aromatic carbocycles. The molecule has 0 spiro atoms. The highest BCUT2D eigenvalue weighted by Gasteiger charge is 2.22. The molecule has 24 heavy (non-hydrogen) atoms. The van der Waals surface area contributed by atoms with Gasteiger partial charge >= 0.3 is 0 Å². The molecule has 0 aliphatic heterocycles. The van der Waals surface area contributed by atoms with E-state index in [1.54, 1.807) is 0 Å². The zero-order valence-electron chi connectivity index (χ0n) is 13.1. The minimum atomic E-state index is -3.88. The van der Waals surface area contributed by atoms with E-state index >= 15 is 0 Å². The van der Waals surface area contributed by atoms with E-state index in [4.69, 9.17) is 0 Å². The number of carbonyl (C=O) groups excluding carboxylic acids is 1. The van der Waals surface area contributed by atoms with Crippen molar-refractivity contribution >= 4 is 15.9 Å². The van der Waals surface area contributed by atoms with Crippen molar-refractivity contribution in [1.82, 2.24) is 14.5 Å². The molecule has 1 atom stereocenters. The fourth-order valence-corrected chi connectivity index (χ4v) is 3.64. The summed E-state index contributed by atoms with van der Waals surface area (Å²) >= 11 is 0. The van der Waals surface area contributed by atoms with Crippen molar-refractivity contribution in [2.45, 2.75) is 30.7 Å². The van der Waals surface area contributed by atoms with Crippen LogP contribution in [0.5, 0.6) is 0 Å². The number of hydrogen-bond acceptors (Lipinski definition) is 4. The average Bonchev–Trinajstić information content (AvgIpc) is 3.20. The Morgan fingerprint density at radius 1 is 1.29 bits per heavy atom. The molecule has 6 nitrogen and oxygen atoms in total. The standard InChI is InChI=1S/C17H19N3O3S/c21-17(10-14-6-4-5-7-14)19-24(22,23)16-11-18-20(13-16)12-15-8-2-1-3-9-15/h1-4,6,8-9,11,13-14H,5,7,10,12H2,(H,19,21). The smallest absolute Gasteiger partial charge is 0.267 e. The van der Waals surface area contributed by atoms with E-state index in [2.05, 4.69) is 9.82 Å². The van der Waals surface area contributed by atoms with E-state index in [9.17, 15) is 13.2 Å². The first-order valence-corrected chi connectivity index (χ1v) is 9.30. The topological polar surface area (TPSA) is 81.1 Å². The number of rotatable bonds is 6. The first kappa shape index (κ1) is 16.4. The lowest BCUT2D eigenvalue weighted by atomic mass is 10.1. The lowest BCUT2D eigenvalue weighted by Crippen LogP contribution is -2.31. The van der Waals surface area contributed by atoms with Crippen LogP contribution in [0.4, 0.5) is 0 Å². The summed E-state index contributed by atoms with van der Waals surface area (Å²) in [5.41, 5.74) is 1.02. The summed E-state index contributed by atoms with van der Waals surface area (Å²) in [4.78, 5) is 11.9. The SMILES string of the molecule is O=C(CC1C=CCC1)NS(=O)(=O)c1cnn(Cc2ccccc2)c1. The molecule has 1 heterocycles. The molecule has 0 saturated carbocycles. The third kappa shape index (κ3) is 4.11. The van der Waals surface area contributed by atoms with Crippen LogP contribution in [-0.2, 0) is 21.4 Å². The molecule has 0 fully saturated rings. The third-order valence-electron chi connectivity index (χ3n) is 3.92. The molecule has 7 heteroatoms. The summed E-state index contributed by atoms with van der Waals surface area (Å²) in [5.74, 6) is -0.358.